The van der Waals surface area contributed by atoms with Gasteiger partial charge in [0, 0.05) is 9.26 Å². The molecule has 0 amide bonds. The minimum absolute atomic E-state index is 0.529. The summed E-state index contributed by atoms with van der Waals surface area (Å²) in [7, 11) is 0. The summed E-state index contributed by atoms with van der Waals surface area (Å²) in [5.41, 5.74) is 10.1. The molecule has 0 unspecified atom stereocenters. The van der Waals surface area contributed by atoms with Gasteiger partial charge in [-0.15, -0.1) is 0 Å². The number of nitrogens with two attached hydrogens (primary N) is 1. The van der Waals surface area contributed by atoms with Gasteiger partial charge < -0.3 is 11.1 Å². The summed E-state index contributed by atoms with van der Waals surface area (Å²) in [6.07, 6.45) is 0. The van der Waals surface area contributed by atoms with Crippen LogP contribution in [0.1, 0.15) is 25.3 Å². The van der Waals surface area contributed by atoms with Crippen LogP contribution < -0.4 is 11.1 Å². The molecule has 0 saturated heterocycles. The normalized spacial score (nSPS) is 10.7. The molecular formula is C15H17IN2. The molecule has 2 rings (SSSR count). The molecule has 0 saturated carbocycles. The Labute approximate surface area is 122 Å². The van der Waals surface area contributed by atoms with Gasteiger partial charge in [0.15, 0.2) is 0 Å². The molecule has 2 aromatic rings. The molecule has 0 fully saturated rings. The predicted octanol–water partition coefficient (Wildman–Crippen LogP) is 4.74. The number of nitrogen functional groups attached to an aromatic ring is 1. The van der Waals surface area contributed by atoms with Crippen LogP contribution in [0.25, 0.3) is 0 Å². The lowest BCUT2D eigenvalue weighted by Gasteiger charge is -2.12. The van der Waals surface area contributed by atoms with E-state index < -0.39 is 0 Å². The molecule has 3 heteroatoms. The maximum atomic E-state index is 6.00. The van der Waals surface area contributed by atoms with Crippen LogP contribution >= 0.6 is 22.6 Å². The van der Waals surface area contributed by atoms with Crippen LogP contribution in [-0.2, 0) is 0 Å². The van der Waals surface area contributed by atoms with Crippen molar-refractivity contribution < 1.29 is 0 Å². The molecule has 0 aliphatic heterocycles. The first-order valence-electron chi connectivity index (χ1n) is 5.98. The second-order valence-corrected chi connectivity index (χ2v) is 5.88. The van der Waals surface area contributed by atoms with Crippen LogP contribution in [0.15, 0.2) is 42.5 Å². The fraction of sp³-hybridized carbons (Fsp3) is 0.200. The highest BCUT2D eigenvalue weighted by atomic mass is 127. The summed E-state index contributed by atoms with van der Waals surface area (Å²) in [5.74, 6) is 0.529. The van der Waals surface area contributed by atoms with Crippen molar-refractivity contribution >= 4 is 39.7 Å². The number of anilines is 3. The Balaban J connectivity index is 2.25. The predicted molar refractivity (Wildman–Crippen MR) is 87.4 cm³/mol. The number of benzene rings is 2. The van der Waals surface area contributed by atoms with Gasteiger partial charge in [0.25, 0.3) is 0 Å². The highest BCUT2D eigenvalue weighted by Gasteiger charge is 2.03. The Morgan fingerprint density at radius 3 is 2.56 bits per heavy atom. The highest BCUT2D eigenvalue weighted by Crippen LogP contribution is 2.26. The van der Waals surface area contributed by atoms with Crippen LogP contribution in [-0.4, -0.2) is 0 Å². The van der Waals surface area contributed by atoms with Crippen molar-refractivity contribution in [1.82, 2.24) is 0 Å². The van der Waals surface area contributed by atoms with Crippen LogP contribution in [0.2, 0.25) is 0 Å². The lowest BCUT2D eigenvalue weighted by atomic mass is 10.0. The molecule has 0 atom stereocenters. The second-order valence-electron chi connectivity index (χ2n) is 4.64. The molecule has 0 heterocycles. The van der Waals surface area contributed by atoms with Crippen LogP contribution in [0.5, 0.6) is 0 Å². The minimum Gasteiger partial charge on any atom is -0.397 e. The molecule has 2 nitrogen and oxygen atoms in total. The van der Waals surface area contributed by atoms with Crippen molar-refractivity contribution in [3.63, 3.8) is 0 Å². The van der Waals surface area contributed by atoms with Crippen molar-refractivity contribution in [3.8, 4) is 0 Å². The number of rotatable bonds is 3. The topological polar surface area (TPSA) is 38.0 Å². The largest absolute Gasteiger partial charge is 0.397 e. The van der Waals surface area contributed by atoms with E-state index in [0.29, 0.717) is 5.92 Å². The lowest BCUT2D eigenvalue weighted by molar-refractivity contribution is 0.867. The molecule has 2 aromatic carbocycles. The van der Waals surface area contributed by atoms with E-state index in [0.717, 1.165) is 20.6 Å². The summed E-state index contributed by atoms with van der Waals surface area (Å²) >= 11 is 2.26. The van der Waals surface area contributed by atoms with Gasteiger partial charge in [0.2, 0.25) is 0 Å². The lowest BCUT2D eigenvalue weighted by Crippen LogP contribution is -1.97. The van der Waals surface area contributed by atoms with E-state index in [-0.39, 0.29) is 0 Å². The fourth-order valence-electron chi connectivity index (χ4n) is 1.78. The average Bonchev–Trinajstić information content (AvgIpc) is 2.33. The standard InChI is InChI=1S/C15H17IN2/c1-10(2)11-4-3-5-13(8-11)18-15-7-6-12(16)9-14(15)17/h3-10,18H,17H2,1-2H3. The maximum Gasteiger partial charge on any atom is 0.0618 e. The van der Waals surface area contributed by atoms with Crippen molar-refractivity contribution in [3.05, 3.63) is 51.6 Å². The van der Waals surface area contributed by atoms with Crippen molar-refractivity contribution in [2.75, 3.05) is 11.1 Å². The Kier molecular flexibility index (Phi) is 4.11. The average molecular weight is 352 g/mol. The molecule has 0 bridgehead atoms. The number of nitrogens with one attached hydrogen (secondary N) is 1. The third-order valence-corrected chi connectivity index (χ3v) is 3.52. The van der Waals surface area contributed by atoms with Gasteiger partial charge >= 0.3 is 0 Å². The zero-order chi connectivity index (χ0) is 13.1. The summed E-state index contributed by atoms with van der Waals surface area (Å²) in [4.78, 5) is 0. The zero-order valence-electron chi connectivity index (χ0n) is 10.6. The minimum atomic E-state index is 0.529. The van der Waals surface area contributed by atoms with Gasteiger partial charge in [0.05, 0.1) is 11.4 Å². The smallest absolute Gasteiger partial charge is 0.0618 e. The Hall–Kier alpha value is -1.23. The van der Waals surface area contributed by atoms with E-state index in [1.165, 1.54) is 5.56 Å². The van der Waals surface area contributed by atoms with E-state index in [1.54, 1.807) is 0 Å². The van der Waals surface area contributed by atoms with Crippen molar-refractivity contribution in [1.29, 1.82) is 0 Å². The van der Waals surface area contributed by atoms with Crippen LogP contribution in [0.4, 0.5) is 17.1 Å². The zero-order valence-corrected chi connectivity index (χ0v) is 12.7. The molecule has 0 aromatic heterocycles. The number of halogens is 1. The molecular weight excluding hydrogens is 335 g/mol. The number of hydrogen-bond acceptors (Lipinski definition) is 2. The summed E-state index contributed by atoms with van der Waals surface area (Å²) in [5, 5.41) is 3.37. The summed E-state index contributed by atoms with van der Waals surface area (Å²) < 4.78 is 1.14. The summed E-state index contributed by atoms with van der Waals surface area (Å²) in [6.45, 7) is 4.39. The van der Waals surface area contributed by atoms with Crippen LogP contribution in [0, 0.1) is 3.57 Å². The van der Waals surface area contributed by atoms with Crippen LogP contribution in [0.3, 0.4) is 0 Å². The Bertz CT molecular complexity index is 550. The van der Waals surface area contributed by atoms with Gasteiger partial charge in [-0.25, -0.2) is 0 Å². The van der Waals surface area contributed by atoms with Crippen molar-refractivity contribution in [2.45, 2.75) is 19.8 Å². The van der Waals surface area contributed by atoms with E-state index in [9.17, 15) is 0 Å². The fourth-order valence-corrected chi connectivity index (χ4v) is 2.29. The monoisotopic (exact) mass is 352 g/mol. The SMILES string of the molecule is CC(C)c1cccc(Nc2ccc(I)cc2N)c1. The van der Waals surface area contributed by atoms with E-state index in [2.05, 4.69) is 66.0 Å². The molecule has 3 N–H and O–H groups in total. The maximum absolute atomic E-state index is 6.00. The highest BCUT2D eigenvalue weighted by molar-refractivity contribution is 14.1. The van der Waals surface area contributed by atoms with E-state index in [1.807, 2.05) is 18.2 Å². The Morgan fingerprint density at radius 1 is 1.11 bits per heavy atom. The van der Waals surface area contributed by atoms with Gasteiger partial charge in [0.1, 0.15) is 0 Å². The summed E-state index contributed by atoms with van der Waals surface area (Å²) in [6, 6.07) is 14.5. The first-order chi connectivity index (χ1) is 8.56. The van der Waals surface area contributed by atoms with Crippen molar-refractivity contribution in [2.24, 2.45) is 0 Å². The van der Waals surface area contributed by atoms with E-state index >= 15 is 0 Å². The second kappa shape index (κ2) is 5.61. The number of hydrogen-bond donors (Lipinski definition) is 2. The third kappa shape index (κ3) is 3.16. The molecule has 0 radical (unpaired) electrons. The first kappa shape index (κ1) is 13.2. The van der Waals surface area contributed by atoms with Gasteiger partial charge in [-0.05, 0) is 64.4 Å². The Morgan fingerprint density at radius 2 is 1.89 bits per heavy atom. The molecule has 94 valence electrons. The molecule has 0 aliphatic carbocycles. The molecule has 18 heavy (non-hydrogen) atoms. The quantitative estimate of drug-likeness (QED) is 0.619. The van der Waals surface area contributed by atoms with E-state index in [4.69, 9.17) is 5.73 Å². The van der Waals surface area contributed by atoms with Gasteiger partial charge in [-0.2, -0.15) is 0 Å². The van der Waals surface area contributed by atoms with Gasteiger partial charge in [-0.1, -0.05) is 26.0 Å². The van der Waals surface area contributed by atoms with Gasteiger partial charge in [-0.3, -0.25) is 0 Å². The first-order valence-corrected chi connectivity index (χ1v) is 7.06. The third-order valence-electron chi connectivity index (χ3n) is 2.85. The molecule has 0 aliphatic rings. The molecule has 0 spiro atoms.